The highest BCUT2D eigenvalue weighted by Crippen LogP contribution is 2.34. The Bertz CT molecular complexity index is 585. The summed E-state index contributed by atoms with van der Waals surface area (Å²) >= 11 is 5.86. The molecule has 0 aliphatic rings. The lowest BCUT2D eigenvalue weighted by molar-refractivity contribution is 0.355. The number of methoxy groups -OCH3 is 2. The van der Waals surface area contributed by atoms with E-state index < -0.39 is 0 Å². The molecule has 5 heteroatoms. The van der Waals surface area contributed by atoms with Gasteiger partial charge in [0.05, 0.1) is 25.6 Å². The van der Waals surface area contributed by atoms with Gasteiger partial charge in [-0.25, -0.2) is 0 Å². The summed E-state index contributed by atoms with van der Waals surface area (Å²) in [4.78, 5) is 0. The van der Waals surface area contributed by atoms with Gasteiger partial charge >= 0.3 is 0 Å². The Kier molecular flexibility index (Phi) is 4.58. The van der Waals surface area contributed by atoms with Crippen LogP contribution in [0.15, 0.2) is 36.4 Å². The first-order chi connectivity index (χ1) is 9.63. The van der Waals surface area contributed by atoms with Crippen molar-refractivity contribution in [1.29, 1.82) is 0 Å². The van der Waals surface area contributed by atoms with Gasteiger partial charge in [-0.05, 0) is 17.7 Å². The van der Waals surface area contributed by atoms with Crippen LogP contribution in [0.5, 0.6) is 11.5 Å². The number of hydrogen-bond acceptors (Lipinski definition) is 4. The van der Waals surface area contributed by atoms with Crippen LogP contribution in [0.2, 0.25) is 5.02 Å². The van der Waals surface area contributed by atoms with E-state index in [0.29, 0.717) is 23.7 Å². The van der Waals surface area contributed by atoms with E-state index in [2.05, 4.69) is 5.32 Å². The highest BCUT2D eigenvalue weighted by Gasteiger charge is 2.08. The fourth-order valence-corrected chi connectivity index (χ4v) is 1.97. The molecule has 0 bridgehead atoms. The minimum Gasteiger partial charge on any atom is -0.493 e. The molecule has 0 aliphatic carbocycles. The molecule has 0 atom stereocenters. The molecule has 2 rings (SSSR count). The third-order valence-corrected chi connectivity index (χ3v) is 3.20. The van der Waals surface area contributed by atoms with Gasteiger partial charge in [-0.2, -0.15) is 0 Å². The molecule has 106 valence electrons. The predicted molar refractivity (Wildman–Crippen MR) is 82.7 cm³/mol. The van der Waals surface area contributed by atoms with Gasteiger partial charge in [0.15, 0.2) is 11.5 Å². The molecule has 0 fully saturated rings. The van der Waals surface area contributed by atoms with Crippen LogP contribution in [0.4, 0.5) is 11.4 Å². The lowest BCUT2D eigenvalue weighted by Crippen LogP contribution is -2.03. The van der Waals surface area contributed by atoms with Crippen molar-refractivity contribution in [2.75, 3.05) is 25.3 Å². The van der Waals surface area contributed by atoms with E-state index in [4.69, 9.17) is 26.8 Å². The first kappa shape index (κ1) is 14.3. The van der Waals surface area contributed by atoms with E-state index in [-0.39, 0.29) is 0 Å². The Morgan fingerprint density at radius 3 is 2.25 bits per heavy atom. The molecule has 0 heterocycles. The summed E-state index contributed by atoms with van der Waals surface area (Å²) in [5.74, 6) is 1.25. The van der Waals surface area contributed by atoms with Crippen LogP contribution in [0.25, 0.3) is 0 Å². The van der Waals surface area contributed by atoms with Crippen molar-refractivity contribution < 1.29 is 9.47 Å². The van der Waals surface area contributed by atoms with E-state index in [9.17, 15) is 0 Å². The van der Waals surface area contributed by atoms with Crippen LogP contribution in [0.3, 0.4) is 0 Å². The normalized spacial score (nSPS) is 10.2. The number of benzene rings is 2. The van der Waals surface area contributed by atoms with Gasteiger partial charge in [-0.1, -0.05) is 23.7 Å². The molecule has 4 nitrogen and oxygen atoms in total. The molecule has 0 saturated carbocycles. The summed E-state index contributed by atoms with van der Waals surface area (Å²) in [7, 11) is 3.18. The van der Waals surface area contributed by atoms with Gasteiger partial charge in [0.1, 0.15) is 0 Å². The maximum atomic E-state index is 5.99. The summed E-state index contributed by atoms with van der Waals surface area (Å²) in [6, 6.07) is 11.2. The largest absolute Gasteiger partial charge is 0.493 e. The van der Waals surface area contributed by atoms with E-state index >= 15 is 0 Å². The summed E-state index contributed by atoms with van der Waals surface area (Å²) in [5, 5.41) is 3.99. The standard InChI is InChI=1S/C15H17ClN2O2/c1-19-14-7-12(17)13(8-15(14)20-2)18-9-10-3-5-11(16)6-4-10/h3-8,18H,9,17H2,1-2H3. The van der Waals surface area contributed by atoms with Crippen LogP contribution in [0, 0.1) is 0 Å². The van der Waals surface area contributed by atoms with Crippen LogP contribution in [-0.2, 0) is 6.54 Å². The second kappa shape index (κ2) is 6.39. The summed E-state index contributed by atoms with van der Waals surface area (Å²) in [6.45, 7) is 0.650. The van der Waals surface area contributed by atoms with Crippen molar-refractivity contribution in [2.24, 2.45) is 0 Å². The summed E-state index contributed by atoms with van der Waals surface area (Å²) in [6.07, 6.45) is 0. The third-order valence-electron chi connectivity index (χ3n) is 2.95. The number of anilines is 2. The molecule has 0 unspecified atom stereocenters. The maximum absolute atomic E-state index is 5.99. The van der Waals surface area contributed by atoms with Crippen molar-refractivity contribution in [3.8, 4) is 11.5 Å². The van der Waals surface area contributed by atoms with E-state index in [0.717, 1.165) is 16.3 Å². The topological polar surface area (TPSA) is 56.5 Å². The van der Waals surface area contributed by atoms with E-state index in [1.807, 2.05) is 30.3 Å². The monoisotopic (exact) mass is 292 g/mol. The lowest BCUT2D eigenvalue weighted by Gasteiger charge is -2.14. The van der Waals surface area contributed by atoms with Crippen molar-refractivity contribution in [3.05, 3.63) is 47.0 Å². The zero-order chi connectivity index (χ0) is 14.5. The number of hydrogen-bond donors (Lipinski definition) is 2. The fraction of sp³-hybridized carbons (Fsp3) is 0.200. The highest BCUT2D eigenvalue weighted by molar-refractivity contribution is 6.30. The molecular weight excluding hydrogens is 276 g/mol. The molecule has 0 aromatic heterocycles. The van der Waals surface area contributed by atoms with Gasteiger partial charge in [0, 0.05) is 23.7 Å². The Balaban J connectivity index is 2.14. The zero-order valence-electron chi connectivity index (χ0n) is 11.4. The van der Waals surface area contributed by atoms with Crippen LogP contribution in [-0.4, -0.2) is 14.2 Å². The van der Waals surface area contributed by atoms with Gasteiger partial charge < -0.3 is 20.5 Å². The van der Waals surface area contributed by atoms with Gasteiger partial charge in [-0.3, -0.25) is 0 Å². The average Bonchev–Trinajstić information content (AvgIpc) is 2.47. The first-order valence-corrected chi connectivity index (χ1v) is 6.51. The highest BCUT2D eigenvalue weighted by atomic mass is 35.5. The quantitative estimate of drug-likeness (QED) is 0.828. The number of nitrogens with two attached hydrogens (primary N) is 1. The predicted octanol–water partition coefficient (Wildman–Crippen LogP) is 3.55. The molecule has 0 aliphatic heterocycles. The van der Waals surface area contributed by atoms with Gasteiger partial charge in [0.25, 0.3) is 0 Å². The first-order valence-electron chi connectivity index (χ1n) is 6.14. The maximum Gasteiger partial charge on any atom is 0.162 e. The minimum absolute atomic E-state index is 0.608. The molecular formula is C15H17ClN2O2. The molecule has 3 N–H and O–H groups in total. The Morgan fingerprint density at radius 2 is 1.65 bits per heavy atom. The molecule has 0 amide bonds. The Morgan fingerprint density at radius 1 is 1.05 bits per heavy atom. The van der Waals surface area contributed by atoms with E-state index in [1.54, 1.807) is 20.3 Å². The Hall–Kier alpha value is -2.07. The van der Waals surface area contributed by atoms with Crippen molar-refractivity contribution in [1.82, 2.24) is 0 Å². The van der Waals surface area contributed by atoms with Crippen LogP contribution >= 0.6 is 11.6 Å². The third kappa shape index (κ3) is 3.27. The smallest absolute Gasteiger partial charge is 0.162 e. The minimum atomic E-state index is 0.608. The number of halogens is 1. The summed E-state index contributed by atoms with van der Waals surface area (Å²) < 4.78 is 10.5. The molecule has 20 heavy (non-hydrogen) atoms. The lowest BCUT2D eigenvalue weighted by atomic mass is 10.2. The second-order valence-corrected chi connectivity index (χ2v) is 4.71. The SMILES string of the molecule is COc1cc(N)c(NCc2ccc(Cl)cc2)cc1OC. The summed E-state index contributed by atoms with van der Waals surface area (Å²) in [5.41, 5.74) is 8.52. The van der Waals surface area contributed by atoms with Crippen molar-refractivity contribution >= 4 is 23.0 Å². The number of rotatable bonds is 5. The molecule has 0 radical (unpaired) electrons. The van der Waals surface area contributed by atoms with Crippen LogP contribution in [0.1, 0.15) is 5.56 Å². The van der Waals surface area contributed by atoms with Crippen molar-refractivity contribution in [2.45, 2.75) is 6.54 Å². The number of ether oxygens (including phenoxy) is 2. The molecule has 0 spiro atoms. The molecule has 2 aromatic rings. The molecule has 2 aromatic carbocycles. The number of nitrogen functional groups attached to an aromatic ring is 1. The number of nitrogens with one attached hydrogen (secondary N) is 1. The zero-order valence-corrected chi connectivity index (χ0v) is 12.2. The van der Waals surface area contributed by atoms with Gasteiger partial charge in [0.2, 0.25) is 0 Å². The van der Waals surface area contributed by atoms with Crippen LogP contribution < -0.4 is 20.5 Å². The molecule has 0 saturated heterocycles. The second-order valence-electron chi connectivity index (χ2n) is 4.27. The van der Waals surface area contributed by atoms with Crippen molar-refractivity contribution in [3.63, 3.8) is 0 Å². The fourth-order valence-electron chi connectivity index (χ4n) is 1.85. The average molecular weight is 293 g/mol. The van der Waals surface area contributed by atoms with E-state index in [1.165, 1.54) is 0 Å². The Labute approximate surface area is 123 Å². The van der Waals surface area contributed by atoms with Gasteiger partial charge in [-0.15, -0.1) is 0 Å².